The van der Waals surface area contributed by atoms with Crippen molar-refractivity contribution in [1.82, 2.24) is 14.8 Å². The standard InChI is InChI=1S/C18H23N3O2/c1-20-8-7-16(13-20)12-19-18(22)21-9-10-23-17(14-21)11-15-5-3-2-4-6-15/h2-8,13,17H,9-12,14H2,1H3,(H,19,22)/t17-/m0/s1. The summed E-state index contributed by atoms with van der Waals surface area (Å²) in [7, 11) is 1.97. The predicted molar refractivity (Wildman–Crippen MR) is 89.1 cm³/mol. The molecule has 0 bridgehead atoms. The lowest BCUT2D eigenvalue weighted by molar-refractivity contribution is -0.0133. The average Bonchev–Trinajstić information content (AvgIpc) is 2.99. The molecule has 0 radical (unpaired) electrons. The zero-order chi connectivity index (χ0) is 16.1. The van der Waals surface area contributed by atoms with Gasteiger partial charge < -0.3 is 19.5 Å². The van der Waals surface area contributed by atoms with E-state index in [2.05, 4.69) is 17.4 Å². The van der Waals surface area contributed by atoms with Crippen LogP contribution in [-0.4, -0.2) is 41.3 Å². The van der Waals surface area contributed by atoms with E-state index in [4.69, 9.17) is 4.74 Å². The van der Waals surface area contributed by atoms with Crippen LogP contribution in [0.3, 0.4) is 0 Å². The lowest BCUT2D eigenvalue weighted by Gasteiger charge is -2.33. The van der Waals surface area contributed by atoms with Crippen molar-refractivity contribution < 1.29 is 9.53 Å². The molecule has 2 heterocycles. The van der Waals surface area contributed by atoms with E-state index in [0.29, 0.717) is 26.2 Å². The average molecular weight is 313 g/mol. The molecule has 1 fully saturated rings. The maximum Gasteiger partial charge on any atom is 0.317 e. The Morgan fingerprint density at radius 2 is 2.09 bits per heavy atom. The minimum absolute atomic E-state index is 0.0183. The fourth-order valence-corrected chi connectivity index (χ4v) is 2.86. The van der Waals surface area contributed by atoms with Crippen LogP contribution >= 0.6 is 0 Å². The number of nitrogens with one attached hydrogen (secondary N) is 1. The third-order valence-electron chi connectivity index (χ3n) is 4.07. The second-order valence-electron chi connectivity index (χ2n) is 5.97. The van der Waals surface area contributed by atoms with E-state index >= 15 is 0 Å². The highest BCUT2D eigenvalue weighted by atomic mass is 16.5. The van der Waals surface area contributed by atoms with Crippen molar-refractivity contribution >= 4 is 6.03 Å². The summed E-state index contributed by atoms with van der Waals surface area (Å²) in [5, 5.41) is 2.98. The molecule has 1 aromatic carbocycles. The fourth-order valence-electron chi connectivity index (χ4n) is 2.86. The lowest BCUT2D eigenvalue weighted by Crippen LogP contribution is -2.50. The molecular weight excluding hydrogens is 290 g/mol. The first-order chi connectivity index (χ1) is 11.2. The Morgan fingerprint density at radius 3 is 2.83 bits per heavy atom. The topological polar surface area (TPSA) is 46.5 Å². The Balaban J connectivity index is 1.50. The van der Waals surface area contributed by atoms with Crippen molar-refractivity contribution in [3.05, 3.63) is 59.9 Å². The normalized spacial score (nSPS) is 18.0. The first-order valence-corrected chi connectivity index (χ1v) is 8.00. The van der Waals surface area contributed by atoms with E-state index in [9.17, 15) is 4.79 Å². The van der Waals surface area contributed by atoms with Gasteiger partial charge >= 0.3 is 6.03 Å². The van der Waals surface area contributed by atoms with Gasteiger partial charge in [0.2, 0.25) is 0 Å². The number of benzene rings is 1. The second-order valence-corrected chi connectivity index (χ2v) is 5.97. The maximum atomic E-state index is 12.3. The minimum atomic E-state index is -0.0183. The van der Waals surface area contributed by atoms with Gasteiger partial charge in [-0.15, -0.1) is 0 Å². The van der Waals surface area contributed by atoms with Crippen molar-refractivity contribution in [2.75, 3.05) is 19.7 Å². The molecule has 0 unspecified atom stereocenters. The van der Waals surface area contributed by atoms with Crippen molar-refractivity contribution in [3.63, 3.8) is 0 Å². The number of carbonyl (C=O) groups excluding carboxylic acids is 1. The quantitative estimate of drug-likeness (QED) is 0.940. The van der Waals surface area contributed by atoms with Crippen molar-refractivity contribution in [3.8, 4) is 0 Å². The van der Waals surface area contributed by atoms with Crippen LogP contribution in [0.1, 0.15) is 11.1 Å². The van der Waals surface area contributed by atoms with Gasteiger partial charge in [0, 0.05) is 45.5 Å². The number of aryl methyl sites for hydroxylation is 1. The van der Waals surface area contributed by atoms with Gasteiger partial charge in [0.05, 0.1) is 12.7 Å². The number of urea groups is 1. The van der Waals surface area contributed by atoms with Crippen LogP contribution in [0, 0.1) is 0 Å². The van der Waals surface area contributed by atoms with Gasteiger partial charge in [-0.1, -0.05) is 30.3 Å². The zero-order valence-corrected chi connectivity index (χ0v) is 13.4. The number of hydrogen-bond donors (Lipinski definition) is 1. The predicted octanol–water partition coefficient (Wildman–Crippen LogP) is 2.18. The van der Waals surface area contributed by atoms with E-state index in [0.717, 1.165) is 12.0 Å². The van der Waals surface area contributed by atoms with Gasteiger partial charge in [0.15, 0.2) is 0 Å². The van der Waals surface area contributed by atoms with E-state index in [1.165, 1.54) is 5.56 Å². The van der Waals surface area contributed by atoms with E-state index in [1.807, 2.05) is 53.2 Å². The molecule has 1 aliphatic rings. The largest absolute Gasteiger partial charge is 0.374 e. The number of carbonyl (C=O) groups is 1. The third-order valence-corrected chi connectivity index (χ3v) is 4.07. The van der Waals surface area contributed by atoms with E-state index < -0.39 is 0 Å². The van der Waals surface area contributed by atoms with Crippen LogP contribution < -0.4 is 5.32 Å². The maximum absolute atomic E-state index is 12.3. The number of nitrogens with zero attached hydrogens (tertiary/aromatic N) is 2. The Labute approximate surface area is 136 Å². The summed E-state index contributed by atoms with van der Waals surface area (Å²) >= 11 is 0. The first kappa shape index (κ1) is 15.6. The molecule has 2 amide bonds. The molecular formula is C18H23N3O2. The molecule has 122 valence electrons. The Morgan fingerprint density at radius 1 is 1.26 bits per heavy atom. The lowest BCUT2D eigenvalue weighted by atomic mass is 10.1. The monoisotopic (exact) mass is 313 g/mol. The number of hydrogen-bond acceptors (Lipinski definition) is 2. The van der Waals surface area contributed by atoms with Crippen LogP contribution in [0.15, 0.2) is 48.8 Å². The number of ether oxygens (including phenoxy) is 1. The molecule has 1 aliphatic heterocycles. The molecule has 3 rings (SSSR count). The zero-order valence-electron chi connectivity index (χ0n) is 13.4. The number of aromatic nitrogens is 1. The summed E-state index contributed by atoms with van der Waals surface area (Å²) in [6.45, 7) is 2.43. The highest BCUT2D eigenvalue weighted by Crippen LogP contribution is 2.12. The summed E-state index contributed by atoms with van der Waals surface area (Å²) in [6.07, 6.45) is 4.89. The molecule has 2 aromatic rings. The van der Waals surface area contributed by atoms with Gasteiger partial charge in [0.1, 0.15) is 0 Å². The number of morpholine rings is 1. The van der Waals surface area contributed by atoms with Gasteiger partial charge in [-0.05, 0) is 17.2 Å². The van der Waals surface area contributed by atoms with Crippen molar-refractivity contribution in [1.29, 1.82) is 0 Å². The molecule has 5 heteroatoms. The minimum Gasteiger partial charge on any atom is -0.374 e. The molecule has 5 nitrogen and oxygen atoms in total. The van der Waals surface area contributed by atoms with Crippen LogP contribution in [0.25, 0.3) is 0 Å². The molecule has 23 heavy (non-hydrogen) atoms. The van der Waals surface area contributed by atoms with Crippen LogP contribution in [0.2, 0.25) is 0 Å². The van der Waals surface area contributed by atoms with Crippen LogP contribution in [-0.2, 0) is 24.8 Å². The van der Waals surface area contributed by atoms with E-state index in [1.54, 1.807) is 0 Å². The summed E-state index contributed by atoms with van der Waals surface area (Å²) < 4.78 is 7.78. The Bertz CT molecular complexity index is 639. The first-order valence-electron chi connectivity index (χ1n) is 8.00. The van der Waals surface area contributed by atoms with Gasteiger partial charge in [-0.2, -0.15) is 0 Å². The molecule has 0 aliphatic carbocycles. The smallest absolute Gasteiger partial charge is 0.317 e. The number of rotatable bonds is 4. The van der Waals surface area contributed by atoms with Crippen molar-refractivity contribution in [2.24, 2.45) is 7.05 Å². The summed E-state index contributed by atoms with van der Waals surface area (Å²) in [5.41, 5.74) is 2.35. The second kappa shape index (κ2) is 7.33. The summed E-state index contributed by atoms with van der Waals surface area (Å²) in [4.78, 5) is 14.2. The molecule has 0 spiro atoms. The van der Waals surface area contributed by atoms with Crippen LogP contribution in [0.4, 0.5) is 4.79 Å². The third kappa shape index (κ3) is 4.36. The Kier molecular flexibility index (Phi) is 4.98. The van der Waals surface area contributed by atoms with Crippen molar-refractivity contribution in [2.45, 2.75) is 19.1 Å². The molecule has 1 saturated heterocycles. The molecule has 1 aromatic heterocycles. The van der Waals surface area contributed by atoms with Gasteiger partial charge in [0.25, 0.3) is 0 Å². The molecule has 1 atom stereocenters. The summed E-state index contributed by atoms with van der Waals surface area (Å²) in [6, 6.07) is 12.3. The highest BCUT2D eigenvalue weighted by molar-refractivity contribution is 5.74. The fraction of sp³-hybridized carbons (Fsp3) is 0.389. The van der Waals surface area contributed by atoms with Gasteiger partial charge in [-0.3, -0.25) is 0 Å². The van der Waals surface area contributed by atoms with E-state index in [-0.39, 0.29) is 12.1 Å². The highest BCUT2D eigenvalue weighted by Gasteiger charge is 2.24. The number of amides is 2. The molecule has 1 N–H and O–H groups in total. The van der Waals surface area contributed by atoms with Crippen LogP contribution in [0.5, 0.6) is 0 Å². The van der Waals surface area contributed by atoms with Gasteiger partial charge in [-0.25, -0.2) is 4.79 Å². The Hall–Kier alpha value is -2.27. The molecule has 0 saturated carbocycles. The SMILES string of the molecule is Cn1ccc(CNC(=O)N2CCO[C@@H](Cc3ccccc3)C2)c1. The summed E-state index contributed by atoms with van der Waals surface area (Å²) in [5.74, 6) is 0.